The average Bonchev–Trinajstić information content (AvgIpc) is 3.05. The van der Waals surface area contributed by atoms with Gasteiger partial charge in [0.2, 0.25) is 5.91 Å². The summed E-state index contributed by atoms with van der Waals surface area (Å²) < 4.78 is 7.42. The van der Waals surface area contributed by atoms with Gasteiger partial charge in [-0.05, 0) is 32.8 Å². The van der Waals surface area contributed by atoms with Crippen molar-refractivity contribution >= 4 is 39.2 Å². The van der Waals surface area contributed by atoms with Gasteiger partial charge in [0.1, 0.15) is 4.83 Å². The first-order chi connectivity index (χ1) is 12.9. The SMILES string of the molecule is CCCn1c(SCC(=O)N2C[C@H](C)O[C@@H](C)C2)nc2sc(CC)cc2c1=O. The summed E-state index contributed by atoms with van der Waals surface area (Å²) in [5.41, 5.74) is 0.00126. The van der Waals surface area contributed by atoms with Crippen molar-refractivity contribution in [2.24, 2.45) is 0 Å². The Morgan fingerprint density at radius 3 is 2.67 bits per heavy atom. The summed E-state index contributed by atoms with van der Waals surface area (Å²) in [6.45, 7) is 9.93. The van der Waals surface area contributed by atoms with E-state index in [0.717, 1.165) is 22.5 Å². The third-order valence-electron chi connectivity index (χ3n) is 4.56. The third kappa shape index (κ3) is 4.55. The molecule has 2 atom stereocenters. The lowest BCUT2D eigenvalue weighted by Gasteiger charge is -2.35. The van der Waals surface area contributed by atoms with Crippen LogP contribution in [0.25, 0.3) is 10.2 Å². The molecular weight excluding hydrogens is 382 g/mol. The van der Waals surface area contributed by atoms with E-state index in [0.29, 0.717) is 30.2 Å². The second-order valence-electron chi connectivity index (χ2n) is 6.98. The zero-order chi connectivity index (χ0) is 19.6. The van der Waals surface area contributed by atoms with Crippen molar-refractivity contribution in [1.82, 2.24) is 14.5 Å². The van der Waals surface area contributed by atoms with Crippen LogP contribution in [0.3, 0.4) is 0 Å². The zero-order valence-corrected chi connectivity index (χ0v) is 18.0. The summed E-state index contributed by atoms with van der Waals surface area (Å²) in [6, 6.07) is 1.96. The number of rotatable bonds is 6. The van der Waals surface area contributed by atoms with Crippen molar-refractivity contribution in [3.05, 3.63) is 21.3 Å². The van der Waals surface area contributed by atoms with Crippen molar-refractivity contribution in [3.8, 4) is 0 Å². The number of carbonyl (C=O) groups is 1. The molecule has 3 heterocycles. The Labute approximate surface area is 167 Å². The van der Waals surface area contributed by atoms with Crippen LogP contribution in [-0.2, 0) is 22.5 Å². The number of thioether (sulfide) groups is 1. The minimum absolute atomic E-state index is 0.00126. The first kappa shape index (κ1) is 20.4. The molecule has 0 N–H and O–H groups in total. The quantitative estimate of drug-likeness (QED) is 0.542. The number of nitrogens with zero attached hydrogens (tertiary/aromatic N) is 3. The van der Waals surface area contributed by atoms with Gasteiger partial charge >= 0.3 is 0 Å². The van der Waals surface area contributed by atoms with Crippen LogP contribution in [0.15, 0.2) is 16.0 Å². The Morgan fingerprint density at radius 1 is 1.33 bits per heavy atom. The van der Waals surface area contributed by atoms with Gasteiger partial charge in [-0.2, -0.15) is 0 Å². The minimum Gasteiger partial charge on any atom is -0.372 e. The molecule has 2 aromatic rings. The maximum absolute atomic E-state index is 12.9. The van der Waals surface area contributed by atoms with Crippen molar-refractivity contribution in [2.45, 2.75) is 64.4 Å². The highest BCUT2D eigenvalue weighted by molar-refractivity contribution is 7.99. The van der Waals surface area contributed by atoms with Crippen molar-refractivity contribution in [2.75, 3.05) is 18.8 Å². The number of aromatic nitrogens is 2. The van der Waals surface area contributed by atoms with Crippen LogP contribution in [0.4, 0.5) is 0 Å². The topological polar surface area (TPSA) is 64.4 Å². The fourth-order valence-electron chi connectivity index (χ4n) is 3.35. The molecule has 27 heavy (non-hydrogen) atoms. The summed E-state index contributed by atoms with van der Waals surface area (Å²) in [4.78, 5) is 34.1. The molecule has 0 saturated carbocycles. The molecule has 8 heteroatoms. The molecule has 2 aromatic heterocycles. The van der Waals surface area contributed by atoms with Crippen LogP contribution in [0, 0.1) is 0 Å². The summed E-state index contributed by atoms with van der Waals surface area (Å²) in [5, 5.41) is 1.33. The van der Waals surface area contributed by atoms with E-state index in [1.165, 1.54) is 11.8 Å². The predicted octanol–water partition coefficient (Wildman–Crippen LogP) is 3.16. The van der Waals surface area contributed by atoms with Gasteiger partial charge in [0.15, 0.2) is 5.16 Å². The van der Waals surface area contributed by atoms with Gasteiger partial charge in [-0.25, -0.2) is 4.98 Å². The maximum atomic E-state index is 12.9. The van der Waals surface area contributed by atoms with Crippen LogP contribution in [0.1, 0.15) is 39.0 Å². The van der Waals surface area contributed by atoms with Gasteiger partial charge in [-0.3, -0.25) is 14.2 Å². The Balaban J connectivity index is 1.82. The number of carbonyl (C=O) groups excluding carboxylic acids is 1. The lowest BCUT2D eigenvalue weighted by molar-refractivity contribution is -0.140. The standard InChI is InChI=1S/C19H27N3O3S2/c1-5-7-22-18(24)15-8-14(6-2)27-17(15)20-19(22)26-11-16(23)21-9-12(3)25-13(4)10-21/h8,12-13H,5-7,9-11H2,1-4H3/t12-,13-/m0/s1. The number of hydrogen-bond donors (Lipinski definition) is 0. The van der Waals surface area contributed by atoms with Gasteiger partial charge in [0.25, 0.3) is 5.56 Å². The zero-order valence-electron chi connectivity index (χ0n) is 16.4. The Kier molecular flexibility index (Phi) is 6.60. The molecule has 1 aliphatic rings. The fraction of sp³-hybridized carbons (Fsp3) is 0.632. The lowest BCUT2D eigenvalue weighted by atomic mass is 10.2. The monoisotopic (exact) mass is 409 g/mol. The second-order valence-corrected chi connectivity index (χ2v) is 9.04. The smallest absolute Gasteiger partial charge is 0.262 e. The van der Waals surface area contributed by atoms with E-state index >= 15 is 0 Å². The van der Waals surface area contributed by atoms with Crippen LogP contribution in [-0.4, -0.2) is 51.4 Å². The van der Waals surface area contributed by atoms with Crippen molar-refractivity contribution in [1.29, 1.82) is 0 Å². The molecule has 0 aromatic carbocycles. The van der Waals surface area contributed by atoms with E-state index in [4.69, 9.17) is 9.72 Å². The highest BCUT2D eigenvalue weighted by atomic mass is 32.2. The predicted molar refractivity (Wildman–Crippen MR) is 111 cm³/mol. The molecule has 0 bridgehead atoms. The van der Waals surface area contributed by atoms with E-state index in [1.807, 2.05) is 31.7 Å². The van der Waals surface area contributed by atoms with Gasteiger partial charge in [-0.15, -0.1) is 11.3 Å². The van der Waals surface area contributed by atoms with Crippen molar-refractivity contribution < 1.29 is 9.53 Å². The molecule has 1 amide bonds. The Hall–Kier alpha value is -1.38. The molecule has 6 nitrogen and oxygen atoms in total. The third-order valence-corrected chi connectivity index (χ3v) is 6.69. The molecule has 1 fully saturated rings. The van der Waals surface area contributed by atoms with Crippen molar-refractivity contribution in [3.63, 3.8) is 0 Å². The number of fused-ring (bicyclic) bond motifs is 1. The molecule has 1 saturated heterocycles. The van der Waals surface area contributed by atoms with Crippen LogP contribution >= 0.6 is 23.1 Å². The first-order valence-corrected chi connectivity index (χ1v) is 11.3. The summed E-state index contributed by atoms with van der Waals surface area (Å²) in [7, 11) is 0. The molecule has 0 unspecified atom stereocenters. The number of morpholine rings is 1. The molecule has 1 aliphatic heterocycles. The number of thiophene rings is 1. The van der Waals surface area contributed by atoms with Crippen LogP contribution < -0.4 is 5.56 Å². The molecular formula is C19H27N3O3S2. The van der Waals surface area contributed by atoms with E-state index in [-0.39, 0.29) is 29.4 Å². The van der Waals surface area contributed by atoms with Crippen LogP contribution in [0.5, 0.6) is 0 Å². The number of aryl methyl sites for hydroxylation is 1. The van der Waals surface area contributed by atoms with Gasteiger partial charge in [0.05, 0.1) is 23.3 Å². The second kappa shape index (κ2) is 8.75. The van der Waals surface area contributed by atoms with E-state index < -0.39 is 0 Å². The molecule has 0 spiro atoms. The molecule has 0 aliphatic carbocycles. The molecule has 3 rings (SSSR count). The number of hydrogen-bond acceptors (Lipinski definition) is 6. The summed E-state index contributed by atoms with van der Waals surface area (Å²) >= 11 is 2.93. The highest BCUT2D eigenvalue weighted by Gasteiger charge is 2.26. The van der Waals surface area contributed by atoms with E-state index in [9.17, 15) is 9.59 Å². The van der Waals surface area contributed by atoms with E-state index in [1.54, 1.807) is 15.9 Å². The highest BCUT2D eigenvalue weighted by Crippen LogP contribution is 2.25. The van der Waals surface area contributed by atoms with Crippen LogP contribution in [0.2, 0.25) is 0 Å². The van der Waals surface area contributed by atoms with Gasteiger partial charge < -0.3 is 9.64 Å². The minimum atomic E-state index is 0.00126. The Bertz CT molecular complexity index is 867. The number of ether oxygens (including phenoxy) is 1. The summed E-state index contributed by atoms with van der Waals surface area (Å²) in [5.74, 6) is 0.354. The maximum Gasteiger partial charge on any atom is 0.262 e. The van der Waals surface area contributed by atoms with Gasteiger partial charge in [-0.1, -0.05) is 25.6 Å². The first-order valence-electron chi connectivity index (χ1n) is 9.52. The molecule has 0 radical (unpaired) electrons. The Morgan fingerprint density at radius 2 is 2.04 bits per heavy atom. The average molecular weight is 410 g/mol. The fourth-order valence-corrected chi connectivity index (χ4v) is 5.29. The lowest BCUT2D eigenvalue weighted by Crippen LogP contribution is -2.48. The summed E-state index contributed by atoms with van der Waals surface area (Å²) in [6.07, 6.45) is 1.84. The van der Waals surface area contributed by atoms with Gasteiger partial charge in [0, 0.05) is 24.5 Å². The normalized spacial score (nSPS) is 20.4. The molecule has 148 valence electrons. The largest absolute Gasteiger partial charge is 0.372 e. The van der Waals surface area contributed by atoms with E-state index in [2.05, 4.69) is 6.92 Å². The number of amides is 1.